The van der Waals surface area contributed by atoms with Crippen molar-refractivity contribution in [1.29, 1.82) is 0 Å². The zero-order valence-corrected chi connectivity index (χ0v) is 23.0. The van der Waals surface area contributed by atoms with Gasteiger partial charge in [-0.05, 0) is 57.9 Å². The van der Waals surface area contributed by atoms with Crippen LogP contribution in [0.15, 0.2) is 53.0 Å². The van der Waals surface area contributed by atoms with Gasteiger partial charge in [0.25, 0.3) is 0 Å². The lowest BCUT2D eigenvalue weighted by Gasteiger charge is -2.34. The van der Waals surface area contributed by atoms with Crippen molar-refractivity contribution in [3.8, 4) is 0 Å². The first-order valence-corrected chi connectivity index (χ1v) is 13.8. The number of amides is 2. The summed E-state index contributed by atoms with van der Waals surface area (Å²) in [5.41, 5.74) is 1.79. The average molecular weight is 553 g/mol. The maximum atomic E-state index is 13.6. The van der Waals surface area contributed by atoms with E-state index < -0.39 is 34.1 Å². The Hall–Kier alpha value is -2.39. The highest BCUT2D eigenvalue weighted by Crippen LogP contribution is 2.23. The van der Waals surface area contributed by atoms with Crippen LogP contribution < -0.4 is 9.62 Å². The molecule has 1 atom stereocenters. The van der Waals surface area contributed by atoms with Crippen molar-refractivity contribution in [2.24, 2.45) is 0 Å². The van der Waals surface area contributed by atoms with Crippen LogP contribution >= 0.6 is 15.9 Å². The van der Waals surface area contributed by atoms with Gasteiger partial charge in [-0.3, -0.25) is 13.9 Å². The fraction of sp³-hybridized carbons (Fsp3) is 0.440. The first-order valence-electron chi connectivity index (χ1n) is 11.1. The van der Waals surface area contributed by atoms with Crippen LogP contribution in [0.5, 0.6) is 0 Å². The molecule has 0 saturated heterocycles. The molecule has 0 aliphatic carbocycles. The summed E-state index contributed by atoms with van der Waals surface area (Å²) in [5, 5.41) is 2.95. The van der Waals surface area contributed by atoms with E-state index in [4.69, 9.17) is 0 Å². The highest BCUT2D eigenvalue weighted by molar-refractivity contribution is 9.10. The number of benzene rings is 2. The predicted octanol–water partition coefficient (Wildman–Crippen LogP) is 4.25. The van der Waals surface area contributed by atoms with Crippen LogP contribution in [0.3, 0.4) is 0 Å². The molecular weight excluding hydrogens is 518 g/mol. The molecule has 7 nitrogen and oxygen atoms in total. The second-order valence-electron chi connectivity index (χ2n) is 9.42. The van der Waals surface area contributed by atoms with Gasteiger partial charge in [0.05, 0.1) is 11.9 Å². The van der Waals surface area contributed by atoms with Gasteiger partial charge in [0.1, 0.15) is 12.6 Å². The minimum Gasteiger partial charge on any atom is -0.350 e. The summed E-state index contributed by atoms with van der Waals surface area (Å²) in [6.45, 7) is 9.20. The Bertz CT molecular complexity index is 1130. The second-order valence-corrected chi connectivity index (χ2v) is 12.2. The molecule has 0 unspecified atom stereocenters. The number of rotatable bonds is 9. The summed E-state index contributed by atoms with van der Waals surface area (Å²) in [7, 11) is -3.76. The molecule has 0 fully saturated rings. The number of carbonyl (C=O) groups is 2. The van der Waals surface area contributed by atoms with Gasteiger partial charge in [-0.2, -0.15) is 0 Å². The fourth-order valence-corrected chi connectivity index (χ4v) is 4.85. The maximum Gasteiger partial charge on any atom is 0.244 e. The molecule has 0 bridgehead atoms. The average Bonchev–Trinajstić information content (AvgIpc) is 2.69. The number of carbonyl (C=O) groups excluding carboxylic acids is 2. The summed E-state index contributed by atoms with van der Waals surface area (Å²) in [5.74, 6) is -0.729. The molecule has 2 aromatic rings. The Morgan fingerprint density at radius 3 is 2.26 bits per heavy atom. The predicted molar refractivity (Wildman–Crippen MR) is 140 cm³/mol. The van der Waals surface area contributed by atoms with Gasteiger partial charge in [-0.15, -0.1) is 0 Å². The number of hydrogen-bond acceptors (Lipinski definition) is 4. The van der Waals surface area contributed by atoms with Crippen molar-refractivity contribution in [2.45, 2.75) is 59.2 Å². The molecule has 0 aliphatic heterocycles. The molecule has 2 amide bonds. The van der Waals surface area contributed by atoms with Crippen molar-refractivity contribution >= 4 is 43.5 Å². The Labute approximate surface area is 211 Å². The Morgan fingerprint density at radius 1 is 1.09 bits per heavy atom. The van der Waals surface area contributed by atoms with Crippen molar-refractivity contribution in [2.75, 3.05) is 17.1 Å². The molecule has 2 aromatic carbocycles. The molecule has 0 spiro atoms. The number of nitrogens with one attached hydrogen (secondary N) is 1. The first-order chi connectivity index (χ1) is 15.7. The number of aryl methyl sites for hydroxylation is 1. The number of halogens is 1. The molecule has 186 valence electrons. The minimum absolute atomic E-state index is 0.187. The highest BCUT2D eigenvalue weighted by Gasteiger charge is 2.33. The molecule has 0 aromatic heterocycles. The van der Waals surface area contributed by atoms with E-state index in [1.807, 2.05) is 58.9 Å². The van der Waals surface area contributed by atoms with E-state index in [-0.39, 0.29) is 12.5 Å². The number of sulfonamides is 1. The monoisotopic (exact) mass is 551 g/mol. The largest absolute Gasteiger partial charge is 0.350 e. The minimum atomic E-state index is -3.76. The van der Waals surface area contributed by atoms with Crippen molar-refractivity contribution < 1.29 is 18.0 Å². The summed E-state index contributed by atoms with van der Waals surface area (Å²) in [6.07, 6.45) is 1.45. The van der Waals surface area contributed by atoms with Gasteiger partial charge in [-0.1, -0.05) is 58.7 Å². The zero-order chi connectivity index (χ0) is 25.7. The van der Waals surface area contributed by atoms with Crippen molar-refractivity contribution in [1.82, 2.24) is 10.2 Å². The molecule has 9 heteroatoms. The lowest BCUT2D eigenvalue weighted by molar-refractivity contribution is -0.141. The van der Waals surface area contributed by atoms with Crippen molar-refractivity contribution in [3.63, 3.8) is 0 Å². The number of anilines is 1. The van der Waals surface area contributed by atoms with Crippen LogP contribution in [0, 0.1) is 6.92 Å². The number of hydrogen-bond donors (Lipinski definition) is 1. The molecule has 34 heavy (non-hydrogen) atoms. The lowest BCUT2D eigenvalue weighted by atomic mass is 10.0. The molecule has 0 radical (unpaired) electrons. The standard InChI is InChI=1S/C25H34BrN3O4S/c1-7-22(24(31)27-25(3,4)5)28(16-19-11-8-10-18(2)14-19)23(30)17-29(34(6,32)33)21-13-9-12-20(26)15-21/h8-15,22H,7,16-17H2,1-6H3,(H,27,31)/t22-/m1/s1. The van der Waals surface area contributed by atoms with E-state index in [0.717, 1.165) is 21.7 Å². The van der Waals surface area contributed by atoms with E-state index in [0.29, 0.717) is 16.6 Å². The van der Waals surface area contributed by atoms with Crippen LogP contribution in [0.1, 0.15) is 45.2 Å². The van der Waals surface area contributed by atoms with Gasteiger partial charge < -0.3 is 10.2 Å². The van der Waals surface area contributed by atoms with Crippen LogP contribution in [-0.4, -0.2) is 49.5 Å². The summed E-state index contributed by atoms with van der Waals surface area (Å²) >= 11 is 3.35. The Kier molecular flexibility index (Phi) is 9.30. The van der Waals surface area contributed by atoms with Gasteiger partial charge in [0, 0.05) is 16.6 Å². The Morgan fingerprint density at radius 2 is 1.74 bits per heavy atom. The van der Waals surface area contributed by atoms with E-state index >= 15 is 0 Å². The summed E-state index contributed by atoms with van der Waals surface area (Å²) in [6, 6.07) is 13.7. The quantitative estimate of drug-likeness (QED) is 0.504. The van der Waals surface area contributed by atoms with Crippen LogP contribution in [-0.2, 0) is 26.2 Å². The second kappa shape index (κ2) is 11.4. The van der Waals surface area contributed by atoms with E-state index in [1.165, 1.54) is 4.90 Å². The molecule has 0 heterocycles. The van der Waals surface area contributed by atoms with Gasteiger partial charge in [-0.25, -0.2) is 8.42 Å². The molecule has 2 rings (SSSR count). The lowest BCUT2D eigenvalue weighted by Crippen LogP contribution is -2.55. The smallest absolute Gasteiger partial charge is 0.244 e. The fourth-order valence-electron chi connectivity index (χ4n) is 3.62. The SMILES string of the molecule is CC[C@H](C(=O)NC(C)(C)C)N(Cc1cccc(C)c1)C(=O)CN(c1cccc(Br)c1)S(C)(=O)=O. The van der Waals surface area contributed by atoms with Crippen molar-refractivity contribution in [3.05, 3.63) is 64.1 Å². The Balaban J connectivity index is 2.46. The van der Waals surface area contributed by atoms with Gasteiger partial charge >= 0.3 is 0 Å². The molecular formula is C25H34BrN3O4S. The third-order valence-corrected chi connectivity index (χ3v) is 6.73. The third kappa shape index (κ3) is 8.13. The van der Waals surface area contributed by atoms with Gasteiger partial charge in [0.2, 0.25) is 21.8 Å². The van der Waals surface area contributed by atoms with Gasteiger partial charge in [0.15, 0.2) is 0 Å². The maximum absolute atomic E-state index is 13.6. The molecule has 0 aliphatic rings. The van der Waals surface area contributed by atoms with Crippen LogP contribution in [0.2, 0.25) is 0 Å². The highest BCUT2D eigenvalue weighted by atomic mass is 79.9. The first kappa shape index (κ1) is 27.9. The van der Waals surface area contributed by atoms with E-state index in [1.54, 1.807) is 24.3 Å². The normalized spacial score (nSPS) is 12.7. The van der Waals surface area contributed by atoms with Crippen LogP contribution in [0.4, 0.5) is 5.69 Å². The summed E-state index contributed by atoms with van der Waals surface area (Å²) in [4.78, 5) is 28.3. The third-order valence-electron chi connectivity index (χ3n) is 5.09. The molecule has 0 saturated carbocycles. The zero-order valence-electron chi connectivity index (χ0n) is 20.6. The number of nitrogens with zero attached hydrogens (tertiary/aromatic N) is 2. The van der Waals surface area contributed by atoms with Crippen LogP contribution in [0.25, 0.3) is 0 Å². The topological polar surface area (TPSA) is 86.8 Å². The van der Waals surface area contributed by atoms with E-state index in [2.05, 4.69) is 21.2 Å². The molecule has 1 N–H and O–H groups in total. The van der Waals surface area contributed by atoms with E-state index in [9.17, 15) is 18.0 Å². The summed E-state index contributed by atoms with van der Waals surface area (Å²) < 4.78 is 27.0.